The molecule has 0 bridgehead atoms. The Morgan fingerprint density at radius 1 is 1.13 bits per heavy atom. The van der Waals surface area contributed by atoms with Crippen LogP contribution in [0.25, 0.3) is 11.0 Å². The molecule has 1 N–H and O–H groups in total. The second kappa shape index (κ2) is 11.4. The van der Waals surface area contributed by atoms with Crippen molar-refractivity contribution in [3.63, 3.8) is 0 Å². The second-order valence-electron chi connectivity index (χ2n) is 8.33. The standard InChI is InChI=1S/C24H23ClN6O7/c1-12(32)35-11-18-20(36-13(2)33)21(37-14(3)34)24(38-18)31-23-17(10-28-31)22(29-19(8-26)30-23)27-9-15-5-4-6-16(25)7-15/h4-7,10,18,20-21,24H,9,11H2,1-3H3,(H,27,29,30)/t18-,20-,21-,24-/m1/s1. The number of carbonyl (C=O) groups is 3. The summed E-state index contributed by atoms with van der Waals surface area (Å²) >= 11 is 6.07. The predicted molar refractivity (Wildman–Crippen MR) is 130 cm³/mol. The lowest BCUT2D eigenvalue weighted by Gasteiger charge is -2.23. The summed E-state index contributed by atoms with van der Waals surface area (Å²) in [6.07, 6.45) is -2.93. The Labute approximate surface area is 221 Å². The molecule has 3 aromatic rings. The third-order valence-corrected chi connectivity index (χ3v) is 5.72. The highest BCUT2D eigenvalue weighted by atomic mass is 35.5. The van der Waals surface area contributed by atoms with Crippen molar-refractivity contribution in [2.45, 2.75) is 51.9 Å². The Hall–Kier alpha value is -4.28. The van der Waals surface area contributed by atoms with Crippen LogP contribution in [0.3, 0.4) is 0 Å². The largest absolute Gasteiger partial charge is 0.463 e. The molecule has 0 amide bonds. The van der Waals surface area contributed by atoms with Crippen LogP contribution >= 0.6 is 11.6 Å². The van der Waals surface area contributed by atoms with Crippen LogP contribution in [0.4, 0.5) is 5.82 Å². The zero-order valence-corrected chi connectivity index (χ0v) is 21.3. The Morgan fingerprint density at radius 3 is 2.53 bits per heavy atom. The second-order valence-corrected chi connectivity index (χ2v) is 8.77. The van der Waals surface area contributed by atoms with Crippen LogP contribution in [-0.4, -0.2) is 62.6 Å². The topological polar surface area (TPSA) is 168 Å². The number of nitriles is 1. The number of rotatable bonds is 8. The van der Waals surface area contributed by atoms with Crippen LogP contribution in [-0.2, 0) is 39.9 Å². The zero-order valence-electron chi connectivity index (χ0n) is 20.6. The van der Waals surface area contributed by atoms with Gasteiger partial charge in [0.1, 0.15) is 24.6 Å². The molecule has 3 heterocycles. The fraction of sp³-hybridized carbons (Fsp3) is 0.375. The van der Waals surface area contributed by atoms with Crippen LogP contribution < -0.4 is 5.32 Å². The molecule has 0 aliphatic carbocycles. The van der Waals surface area contributed by atoms with Crippen molar-refractivity contribution in [3.05, 3.63) is 46.9 Å². The monoisotopic (exact) mass is 542 g/mol. The van der Waals surface area contributed by atoms with Gasteiger partial charge in [-0.25, -0.2) is 9.67 Å². The normalized spacial score (nSPS) is 20.5. The van der Waals surface area contributed by atoms with Gasteiger partial charge < -0.3 is 24.3 Å². The van der Waals surface area contributed by atoms with Gasteiger partial charge >= 0.3 is 17.9 Å². The molecule has 1 saturated heterocycles. The Morgan fingerprint density at radius 2 is 1.87 bits per heavy atom. The maximum Gasteiger partial charge on any atom is 0.303 e. The smallest absolute Gasteiger partial charge is 0.303 e. The van der Waals surface area contributed by atoms with Gasteiger partial charge in [0.2, 0.25) is 5.82 Å². The summed E-state index contributed by atoms with van der Waals surface area (Å²) in [6, 6.07) is 9.15. The van der Waals surface area contributed by atoms with E-state index in [2.05, 4.69) is 20.4 Å². The van der Waals surface area contributed by atoms with E-state index in [-0.39, 0.29) is 18.1 Å². The minimum atomic E-state index is -1.16. The van der Waals surface area contributed by atoms with Crippen molar-refractivity contribution in [2.24, 2.45) is 0 Å². The summed E-state index contributed by atoms with van der Waals surface area (Å²) in [6.45, 7) is 3.67. The zero-order chi connectivity index (χ0) is 27.4. The number of nitrogens with zero attached hydrogens (tertiary/aromatic N) is 5. The Kier molecular flexibility index (Phi) is 8.04. The average Bonchev–Trinajstić information content (AvgIpc) is 3.42. The molecule has 4 atom stereocenters. The van der Waals surface area contributed by atoms with Crippen molar-refractivity contribution in [2.75, 3.05) is 11.9 Å². The third-order valence-electron chi connectivity index (χ3n) is 5.48. The van der Waals surface area contributed by atoms with E-state index in [1.54, 1.807) is 12.1 Å². The number of fused-ring (bicyclic) bond motifs is 1. The number of hydrogen-bond donors (Lipinski definition) is 1. The Bertz CT molecular complexity index is 1420. The maximum absolute atomic E-state index is 12.0. The lowest BCUT2D eigenvalue weighted by Crippen LogP contribution is -2.40. The van der Waals surface area contributed by atoms with Gasteiger partial charge in [-0.15, -0.1) is 0 Å². The first-order valence-electron chi connectivity index (χ1n) is 11.4. The maximum atomic E-state index is 12.0. The van der Waals surface area contributed by atoms with Crippen molar-refractivity contribution in [1.29, 1.82) is 5.26 Å². The first-order chi connectivity index (χ1) is 18.2. The van der Waals surface area contributed by atoms with Crippen LogP contribution in [0.15, 0.2) is 30.5 Å². The summed E-state index contributed by atoms with van der Waals surface area (Å²) in [5.41, 5.74) is 1.07. The van der Waals surface area contributed by atoms with E-state index in [9.17, 15) is 19.6 Å². The van der Waals surface area contributed by atoms with E-state index in [0.717, 1.165) is 5.56 Å². The lowest BCUT2D eigenvalue weighted by atomic mass is 10.1. The van der Waals surface area contributed by atoms with Gasteiger partial charge in [-0.3, -0.25) is 14.4 Å². The first kappa shape index (κ1) is 26.8. The van der Waals surface area contributed by atoms with Crippen molar-refractivity contribution in [1.82, 2.24) is 19.7 Å². The number of carbonyl (C=O) groups excluding carboxylic acids is 3. The SMILES string of the molecule is CC(=O)OC[C@H]1O[C@@H](n2ncc3c(NCc4cccc(Cl)c4)nc(C#N)nc32)[C@H](OC(C)=O)[C@@H]1OC(C)=O. The summed E-state index contributed by atoms with van der Waals surface area (Å²) in [7, 11) is 0. The molecule has 0 unspecified atom stereocenters. The number of benzene rings is 1. The van der Waals surface area contributed by atoms with E-state index in [1.807, 2.05) is 18.2 Å². The van der Waals surface area contributed by atoms with E-state index >= 15 is 0 Å². The Balaban J connectivity index is 1.73. The number of nitrogens with one attached hydrogen (secondary N) is 1. The number of aromatic nitrogens is 4. The molecule has 0 saturated carbocycles. The summed E-state index contributed by atoms with van der Waals surface area (Å²) < 4.78 is 23.3. The van der Waals surface area contributed by atoms with Crippen molar-refractivity contribution < 1.29 is 33.3 Å². The third kappa shape index (κ3) is 5.99. The fourth-order valence-corrected chi connectivity index (χ4v) is 4.23. The van der Waals surface area contributed by atoms with Gasteiger partial charge in [-0.05, 0) is 17.7 Å². The molecule has 0 spiro atoms. The molecular formula is C24H23ClN6O7. The van der Waals surface area contributed by atoms with Gasteiger partial charge in [0.25, 0.3) is 0 Å². The molecule has 1 fully saturated rings. The molecule has 13 nitrogen and oxygen atoms in total. The minimum absolute atomic E-state index is 0.150. The quantitative estimate of drug-likeness (QED) is 0.326. The number of esters is 3. The van der Waals surface area contributed by atoms with E-state index in [4.69, 9.17) is 30.5 Å². The highest BCUT2D eigenvalue weighted by molar-refractivity contribution is 6.30. The van der Waals surface area contributed by atoms with Crippen LogP contribution in [0, 0.1) is 11.3 Å². The van der Waals surface area contributed by atoms with Gasteiger partial charge in [-0.1, -0.05) is 23.7 Å². The molecular weight excluding hydrogens is 520 g/mol. The van der Waals surface area contributed by atoms with Gasteiger partial charge in [-0.2, -0.15) is 15.3 Å². The molecule has 4 rings (SSSR count). The van der Waals surface area contributed by atoms with Crippen LogP contribution in [0.1, 0.15) is 38.4 Å². The van der Waals surface area contributed by atoms with Gasteiger partial charge in [0.15, 0.2) is 24.1 Å². The summed E-state index contributed by atoms with van der Waals surface area (Å²) in [5, 5.41) is 18.1. The number of halogens is 1. The van der Waals surface area contributed by atoms with Crippen molar-refractivity contribution >= 4 is 46.4 Å². The van der Waals surface area contributed by atoms with Crippen molar-refractivity contribution in [3.8, 4) is 6.07 Å². The first-order valence-corrected chi connectivity index (χ1v) is 11.8. The fourth-order valence-electron chi connectivity index (χ4n) is 4.02. The molecule has 14 heteroatoms. The predicted octanol–water partition coefficient (Wildman–Crippen LogP) is 2.29. The van der Waals surface area contributed by atoms with Gasteiger partial charge in [0.05, 0.1) is 11.6 Å². The number of hydrogen-bond acceptors (Lipinski definition) is 12. The number of ether oxygens (including phenoxy) is 4. The average molecular weight is 543 g/mol. The van der Waals surface area contributed by atoms with Gasteiger partial charge in [0, 0.05) is 32.3 Å². The molecule has 0 radical (unpaired) electrons. The van der Waals surface area contributed by atoms with Crippen LogP contribution in [0.2, 0.25) is 5.02 Å². The molecule has 2 aromatic heterocycles. The molecule has 1 aliphatic heterocycles. The van der Waals surface area contributed by atoms with E-state index in [0.29, 0.717) is 22.8 Å². The molecule has 198 valence electrons. The minimum Gasteiger partial charge on any atom is -0.463 e. The summed E-state index contributed by atoms with van der Waals surface area (Å²) in [5.74, 6) is -1.72. The highest BCUT2D eigenvalue weighted by Gasteiger charge is 2.51. The molecule has 38 heavy (non-hydrogen) atoms. The van der Waals surface area contributed by atoms with E-state index in [1.165, 1.54) is 31.6 Å². The van der Waals surface area contributed by atoms with E-state index < -0.39 is 42.4 Å². The van der Waals surface area contributed by atoms with Crippen LogP contribution in [0.5, 0.6) is 0 Å². The molecule has 1 aromatic carbocycles. The lowest BCUT2D eigenvalue weighted by molar-refractivity contribution is -0.166. The highest BCUT2D eigenvalue weighted by Crippen LogP contribution is 2.36. The molecule has 1 aliphatic rings. The number of anilines is 1. The summed E-state index contributed by atoms with van der Waals surface area (Å²) in [4.78, 5) is 43.8.